The SMILES string of the molecule is CNC(C)c1sc(-c2ccc(Cl)s2)nc1C. The van der Waals surface area contributed by atoms with Gasteiger partial charge in [-0.1, -0.05) is 11.6 Å². The highest BCUT2D eigenvalue weighted by Gasteiger charge is 2.14. The van der Waals surface area contributed by atoms with Crippen LogP contribution in [0.2, 0.25) is 4.34 Å². The van der Waals surface area contributed by atoms with Gasteiger partial charge in [-0.25, -0.2) is 4.98 Å². The van der Waals surface area contributed by atoms with Crippen LogP contribution in [0.1, 0.15) is 23.5 Å². The van der Waals surface area contributed by atoms with Crippen LogP contribution in [0.5, 0.6) is 0 Å². The largest absolute Gasteiger partial charge is 0.312 e. The maximum atomic E-state index is 5.93. The standard InChI is InChI=1S/C11H13ClN2S2/c1-6(13-3)10-7(2)14-11(16-10)8-4-5-9(12)15-8/h4-6,13H,1-3H3. The summed E-state index contributed by atoms with van der Waals surface area (Å²) < 4.78 is 0.811. The zero-order chi connectivity index (χ0) is 11.7. The second-order valence-corrected chi connectivity index (χ2v) is 6.33. The van der Waals surface area contributed by atoms with Crippen LogP contribution in [-0.4, -0.2) is 12.0 Å². The van der Waals surface area contributed by atoms with Gasteiger partial charge in [-0.05, 0) is 33.0 Å². The van der Waals surface area contributed by atoms with Crippen LogP contribution in [-0.2, 0) is 0 Å². The van der Waals surface area contributed by atoms with Gasteiger partial charge in [0.05, 0.1) is 14.9 Å². The number of hydrogen-bond acceptors (Lipinski definition) is 4. The molecule has 0 aromatic carbocycles. The highest BCUT2D eigenvalue weighted by atomic mass is 35.5. The van der Waals surface area contributed by atoms with Gasteiger partial charge in [0.1, 0.15) is 5.01 Å². The summed E-state index contributed by atoms with van der Waals surface area (Å²) in [6.07, 6.45) is 0. The van der Waals surface area contributed by atoms with Gasteiger partial charge < -0.3 is 5.32 Å². The van der Waals surface area contributed by atoms with Crippen molar-refractivity contribution in [3.63, 3.8) is 0 Å². The Hall–Kier alpha value is -0.420. The van der Waals surface area contributed by atoms with Crippen molar-refractivity contribution in [1.82, 2.24) is 10.3 Å². The Morgan fingerprint density at radius 1 is 1.38 bits per heavy atom. The van der Waals surface area contributed by atoms with E-state index in [4.69, 9.17) is 11.6 Å². The van der Waals surface area contributed by atoms with Crippen molar-refractivity contribution in [2.75, 3.05) is 7.05 Å². The van der Waals surface area contributed by atoms with Crippen LogP contribution in [0, 0.1) is 6.92 Å². The van der Waals surface area contributed by atoms with Crippen LogP contribution in [0.3, 0.4) is 0 Å². The van der Waals surface area contributed by atoms with E-state index in [0.717, 1.165) is 19.9 Å². The molecule has 0 aliphatic rings. The fourth-order valence-corrected chi connectivity index (χ4v) is 3.70. The van der Waals surface area contributed by atoms with Crippen LogP contribution in [0.15, 0.2) is 12.1 Å². The molecule has 5 heteroatoms. The van der Waals surface area contributed by atoms with E-state index < -0.39 is 0 Å². The maximum Gasteiger partial charge on any atom is 0.133 e. The summed E-state index contributed by atoms with van der Waals surface area (Å²) in [5.74, 6) is 0. The molecule has 0 radical (unpaired) electrons. The third kappa shape index (κ3) is 2.30. The first-order chi connectivity index (χ1) is 7.61. The molecule has 0 fully saturated rings. The maximum absolute atomic E-state index is 5.93. The Kier molecular flexibility index (Phi) is 3.64. The Morgan fingerprint density at radius 2 is 2.12 bits per heavy atom. The van der Waals surface area contributed by atoms with Crippen molar-refractivity contribution >= 4 is 34.3 Å². The zero-order valence-corrected chi connectivity index (χ0v) is 11.8. The first-order valence-electron chi connectivity index (χ1n) is 5.02. The number of thiazole rings is 1. The Morgan fingerprint density at radius 3 is 2.69 bits per heavy atom. The van der Waals surface area contributed by atoms with E-state index in [-0.39, 0.29) is 0 Å². The number of rotatable bonds is 3. The number of hydrogen-bond donors (Lipinski definition) is 1. The number of thiophene rings is 1. The summed E-state index contributed by atoms with van der Waals surface area (Å²) in [4.78, 5) is 7.03. The molecule has 0 aliphatic carbocycles. The van der Waals surface area contributed by atoms with Crippen molar-refractivity contribution in [2.24, 2.45) is 0 Å². The molecule has 0 spiro atoms. The van der Waals surface area contributed by atoms with Gasteiger partial charge >= 0.3 is 0 Å². The van der Waals surface area contributed by atoms with E-state index >= 15 is 0 Å². The molecule has 1 N–H and O–H groups in total. The van der Waals surface area contributed by atoms with E-state index in [0.29, 0.717) is 6.04 Å². The molecule has 2 rings (SSSR count). The molecular formula is C11H13ClN2S2. The lowest BCUT2D eigenvalue weighted by atomic mass is 10.2. The van der Waals surface area contributed by atoms with Crippen LogP contribution in [0.25, 0.3) is 9.88 Å². The number of nitrogens with one attached hydrogen (secondary N) is 1. The monoisotopic (exact) mass is 272 g/mol. The van der Waals surface area contributed by atoms with Gasteiger partial charge in [0, 0.05) is 10.9 Å². The average molecular weight is 273 g/mol. The average Bonchev–Trinajstić information content (AvgIpc) is 2.83. The van der Waals surface area contributed by atoms with Gasteiger partial charge in [0.2, 0.25) is 0 Å². The summed E-state index contributed by atoms with van der Waals surface area (Å²) >= 11 is 9.24. The molecule has 0 bridgehead atoms. The molecule has 86 valence electrons. The fourth-order valence-electron chi connectivity index (χ4n) is 1.48. The predicted molar refractivity (Wildman–Crippen MR) is 72.6 cm³/mol. The number of aromatic nitrogens is 1. The van der Waals surface area contributed by atoms with Crippen LogP contribution < -0.4 is 5.32 Å². The van der Waals surface area contributed by atoms with E-state index in [9.17, 15) is 0 Å². The van der Waals surface area contributed by atoms with Crippen molar-refractivity contribution < 1.29 is 0 Å². The third-order valence-corrected chi connectivity index (χ3v) is 5.18. The Bertz CT molecular complexity index is 490. The Labute approximate surface area is 108 Å². The van der Waals surface area contributed by atoms with Gasteiger partial charge in [-0.3, -0.25) is 0 Å². The molecule has 0 aliphatic heterocycles. The molecule has 1 atom stereocenters. The van der Waals surface area contributed by atoms with Crippen LogP contribution >= 0.6 is 34.3 Å². The predicted octanol–water partition coefficient (Wildman–Crippen LogP) is 4.11. The number of nitrogens with zero attached hydrogens (tertiary/aromatic N) is 1. The second-order valence-electron chi connectivity index (χ2n) is 3.58. The van der Waals surface area contributed by atoms with Crippen LogP contribution in [0.4, 0.5) is 0 Å². The minimum atomic E-state index is 0.349. The van der Waals surface area contributed by atoms with Crippen molar-refractivity contribution in [3.8, 4) is 9.88 Å². The lowest BCUT2D eigenvalue weighted by Crippen LogP contribution is -2.11. The van der Waals surface area contributed by atoms with Gasteiger partial charge in [-0.2, -0.15) is 0 Å². The van der Waals surface area contributed by atoms with Crippen molar-refractivity contribution in [1.29, 1.82) is 0 Å². The molecule has 0 saturated heterocycles. The molecular weight excluding hydrogens is 260 g/mol. The molecule has 0 amide bonds. The Balaban J connectivity index is 2.37. The van der Waals surface area contributed by atoms with Crippen molar-refractivity contribution in [3.05, 3.63) is 27.0 Å². The van der Waals surface area contributed by atoms with Gasteiger partial charge in [-0.15, -0.1) is 22.7 Å². The highest BCUT2D eigenvalue weighted by Crippen LogP contribution is 2.36. The molecule has 2 aromatic rings. The summed E-state index contributed by atoms with van der Waals surface area (Å²) in [6.45, 7) is 4.20. The molecule has 0 saturated carbocycles. The molecule has 1 unspecified atom stereocenters. The van der Waals surface area contributed by atoms with E-state index in [2.05, 4.69) is 24.1 Å². The molecule has 16 heavy (non-hydrogen) atoms. The first kappa shape index (κ1) is 12.0. The minimum absolute atomic E-state index is 0.349. The molecule has 2 heterocycles. The van der Waals surface area contributed by atoms with Gasteiger partial charge in [0.15, 0.2) is 0 Å². The normalized spacial score (nSPS) is 13.0. The van der Waals surface area contributed by atoms with Gasteiger partial charge in [0.25, 0.3) is 0 Å². The summed E-state index contributed by atoms with van der Waals surface area (Å²) in [6, 6.07) is 4.29. The lowest BCUT2D eigenvalue weighted by Gasteiger charge is -2.06. The third-order valence-electron chi connectivity index (χ3n) is 2.44. The van der Waals surface area contributed by atoms with E-state index in [1.165, 1.54) is 4.88 Å². The van der Waals surface area contributed by atoms with E-state index in [1.807, 2.05) is 19.2 Å². The summed E-state index contributed by atoms with van der Waals surface area (Å²) in [5, 5.41) is 4.30. The lowest BCUT2D eigenvalue weighted by molar-refractivity contribution is 0.658. The molecule has 2 nitrogen and oxygen atoms in total. The second kappa shape index (κ2) is 4.84. The topological polar surface area (TPSA) is 24.9 Å². The minimum Gasteiger partial charge on any atom is -0.312 e. The zero-order valence-electron chi connectivity index (χ0n) is 9.37. The quantitative estimate of drug-likeness (QED) is 0.909. The first-order valence-corrected chi connectivity index (χ1v) is 7.03. The molecule has 2 aromatic heterocycles. The number of halogens is 1. The number of aryl methyl sites for hydroxylation is 1. The summed E-state index contributed by atoms with van der Waals surface area (Å²) in [7, 11) is 1.96. The highest BCUT2D eigenvalue weighted by molar-refractivity contribution is 7.23. The summed E-state index contributed by atoms with van der Waals surface area (Å²) in [5.41, 5.74) is 1.10. The van der Waals surface area contributed by atoms with Crippen molar-refractivity contribution in [2.45, 2.75) is 19.9 Å². The smallest absolute Gasteiger partial charge is 0.133 e. The van der Waals surface area contributed by atoms with E-state index in [1.54, 1.807) is 22.7 Å². The fraction of sp³-hybridized carbons (Fsp3) is 0.364.